The molecule has 0 fully saturated rings. The molecule has 3 atom stereocenters. The van der Waals surface area contributed by atoms with E-state index >= 15 is 0 Å². The van der Waals surface area contributed by atoms with Gasteiger partial charge in [0.15, 0.2) is 5.16 Å². The SMILES string of the molecule is CCCC[C@H]([C@H](C)CC(=O)OC)S(=O)c1nccn1C. The van der Waals surface area contributed by atoms with Crippen LogP contribution in [0.5, 0.6) is 0 Å². The summed E-state index contributed by atoms with van der Waals surface area (Å²) < 4.78 is 19.2. The Balaban J connectivity index is 2.85. The third kappa shape index (κ3) is 4.44. The van der Waals surface area contributed by atoms with E-state index < -0.39 is 10.8 Å². The molecule has 0 amide bonds. The normalized spacial score (nSPS) is 15.6. The molecule has 114 valence electrons. The van der Waals surface area contributed by atoms with E-state index in [1.54, 1.807) is 17.0 Å². The fourth-order valence-electron chi connectivity index (χ4n) is 2.17. The third-order valence-corrected chi connectivity index (χ3v) is 5.43. The number of hydrogen-bond donors (Lipinski definition) is 0. The number of aromatic nitrogens is 2. The predicted octanol–water partition coefficient (Wildman–Crippen LogP) is 2.29. The highest BCUT2D eigenvalue weighted by Gasteiger charge is 2.28. The molecule has 0 saturated carbocycles. The zero-order valence-electron chi connectivity index (χ0n) is 12.7. The van der Waals surface area contributed by atoms with Gasteiger partial charge in [0, 0.05) is 31.1 Å². The van der Waals surface area contributed by atoms with Crippen molar-refractivity contribution in [2.75, 3.05) is 7.11 Å². The van der Waals surface area contributed by atoms with Gasteiger partial charge in [-0.2, -0.15) is 0 Å². The number of rotatable bonds is 8. The van der Waals surface area contributed by atoms with E-state index in [9.17, 15) is 9.00 Å². The Morgan fingerprint density at radius 1 is 1.55 bits per heavy atom. The molecular formula is C14H24N2O3S. The van der Waals surface area contributed by atoms with Gasteiger partial charge in [0.25, 0.3) is 0 Å². The molecule has 0 spiro atoms. The number of imidazole rings is 1. The minimum atomic E-state index is -1.21. The molecule has 6 heteroatoms. The first-order chi connectivity index (χ1) is 9.51. The highest BCUT2D eigenvalue weighted by atomic mass is 32.2. The molecule has 0 saturated heterocycles. The second-order valence-corrected chi connectivity index (χ2v) is 6.62. The fourth-order valence-corrected chi connectivity index (χ4v) is 3.85. The van der Waals surface area contributed by atoms with Crippen LogP contribution < -0.4 is 0 Å². The Morgan fingerprint density at radius 2 is 2.25 bits per heavy atom. The molecule has 0 aromatic carbocycles. The minimum Gasteiger partial charge on any atom is -0.469 e. The molecule has 1 rings (SSSR count). The molecule has 1 heterocycles. The van der Waals surface area contributed by atoms with Crippen LogP contribution in [0.4, 0.5) is 0 Å². The van der Waals surface area contributed by atoms with Crippen LogP contribution in [-0.2, 0) is 27.4 Å². The summed E-state index contributed by atoms with van der Waals surface area (Å²) in [5.74, 6) is -0.248. The molecular weight excluding hydrogens is 276 g/mol. The van der Waals surface area contributed by atoms with Crippen molar-refractivity contribution in [3.8, 4) is 0 Å². The lowest BCUT2D eigenvalue weighted by atomic mass is 9.99. The van der Waals surface area contributed by atoms with Gasteiger partial charge in [-0.3, -0.25) is 9.00 Å². The topological polar surface area (TPSA) is 61.2 Å². The fraction of sp³-hybridized carbons (Fsp3) is 0.714. The molecule has 20 heavy (non-hydrogen) atoms. The summed E-state index contributed by atoms with van der Waals surface area (Å²) in [6.07, 6.45) is 6.59. The van der Waals surface area contributed by atoms with Crippen molar-refractivity contribution in [1.29, 1.82) is 0 Å². The minimum absolute atomic E-state index is 0.00605. The largest absolute Gasteiger partial charge is 0.469 e. The lowest BCUT2D eigenvalue weighted by Crippen LogP contribution is -2.27. The third-order valence-electron chi connectivity index (χ3n) is 3.43. The van der Waals surface area contributed by atoms with Gasteiger partial charge in [-0.15, -0.1) is 0 Å². The number of unbranched alkanes of at least 4 members (excludes halogenated alkanes) is 1. The Bertz CT molecular complexity index is 459. The summed E-state index contributed by atoms with van der Waals surface area (Å²) in [5, 5.41) is 0.498. The molecule has 1 aromatic heterocycles. The van der Waals surface area contributed by atoms with Gasteiger partial charge in [0.2, 0.25) is 0 Å². The number of hydrogen-bond acceptors (Lipinski definition) is 4. The number of esters is 1. The molecule has 5 nitrogen and oxygen atoms in total. The van der Waals surface area contributed by atoms with Crippen LogP contribution in [-0.4, -0.2) is 32.1 Å². The maximum Gasteiger partial charge on any atom is 0.305 e. The smallest absolute Gasteiger partial charge is 0.305 e. The Kier molecular flexibility index (Phi) is 6.91. The van der Waals surface area contributed by atoms with Gasteiger partial charge < -0.3 is 9.30 Å². The quantitative estimate of drug-likeness (QED) is 0.691. The van der Waals surface area contributed by atoms with Gasteiger partial charge >= 0.3 is 5.97 Å². The lowest BCUT2D eigenvalue weighted by molar-refractivity contribution is -0.141. The van der Waals surface area contributed by atoms with Crippen LogP contribution in [0.25, 0.3) is 0 Å². The first-order valence-electron chi connectivity index (χ1n) is 6.95. The summed E-state index contributed by atoms with van der Waals surface area (Å²) in [4.78, 5) is 15.6. The van der Waals surface area contributed by atoms with Gasteiger partial charge in [-0.05, 0) is 12.3 Å². The van der Waals surface area contributed by atoms with Crippen molar-refractivity contribution in [1.82, 2.24) is 9.55 Å². The number of aryl methyl sites for hydroxylation is 1. The Labute approximate surface area is 123 Å². The van der Waals surface area contributed by atoms with Crippen molar-refractivity contribution >= 4 is 16.8 Å². The standard InChI is InChI=1S/C14H24N2O3S/c1-5-6-7-12(11(2)10-13(17)19-4)20(18)14-15-8-9-16(14)3/h8-9,11-12H,5-7,10H2,1-4H3/t11-,12-,20?/m1/s1. The number of carbonyl (C=O) groups is 1. The Hall–Kier alpha value is -1.17. The maximum absolute atomic E-state index is 12.7. The van der Waals surface area contributed by atoms with Gasteiger partial charge in [0.05, 0.1) is 17.9 Å². The highest BCUT2D eigenvalue weighted by molar-refractivity contribution is 7.85. The molecule has 1 aromatic rings. The van der Waals surface area contributed by atoms with Crippen LogP contribution in [0.2, 0.25) is 0 Å². The molecule has 0 N–H and O–H groups in total. The van der Waals surface area contributed by atoms with Crippen molar-refractivity contribution in [3.63, 3.8) is 0 Å². The summed E-state index contributed by atoms with van der Waals surface area (Å²) in [6.45, 7) is 4.06. The maximum atomic E-state index is 12.7. The van der Waals surface area contributed by atoms with Crippen LogP contribution in [0.3, 0.4) is 0 Å². The molecule has 0 aliphatic heterocycles. The first kappa shape index (κ1) is 16.9. The van der Waals surface area contributed by atoms with E-state index in [1.165, 1.54) is 7.11 Å². The van der Waals surface area contributed by atoms with Crippen LogP contribution >= 0.6 is 0 Å². The zero-order valence-corrected chi connectivity index (χ0v) is 13.5. The van der Waals surface area contributed by atoms with Crippen LogP contribution in [0.15, 0.2) is 17.6 Å². The molecule has 0 bridgehead atoms. The number of ether oxygens (including phenoxy) is 1. The van der Waals surface area contributed by atoms with E-state index in [0.717, 1.165) is 19.3 Å². The molecule has 0 aliphatic carbocycles. The van der Waals surface area contributed by atoms with Crippen molar-refractivity contribution in [2.24, 2.45) is 13.0 Å². The molecule has 1 unspecified atom stereocenters. The first-order valence-corrected chi connectivity index (χ1v) is 8.17. The highest BCUT2D eigenvalue weighted by Crippen LogP contribution is 2.24. The average Bonchev–Trinajstić information content (AvgIpc) is 2.84. The monoisotopic (exact) mass is 300 g/mol. The van der Waals surface area contributed by atoms with Gasteiger partial charge in [0.1, 0.15) is 0 Å². The van der Waals surface area contributed by atoms with E-state index in [2.05, 4.69) is 11.9 Å². The second kappa shape index (κ2) is 8.19. The van der Waals surface area contributed by atoms with Crippen LogP contribution in [0, 0.1) is 5.92 Å². The van der Waals surface area contributed by atoms with Gasteiger partial charge in [-0.1, -0.05) is 26.7 Å². The van der Waals surface area contributed by atoms with Crippen molar-refractivity contribution in [2.45, 2.75) is 49.9 Å². The Morgan fingerprint density at radius 3 is 2.75 bits per heavy atom. The van der Waals surface area contributed by atoms with Gasteiger partial charge in [-0.25, -0.2) is 4.98 Å². The van der Waals surface area contributed by atoms with E-state index in [-0.39, 0.29) is 17.1 Å². The van der Waals surface area contributed by atoms with Crippen LogP contribution in [0.1, 0.15) is 39.5 Å². The number of methoxy groups -OCH3 is 1. The molecule has 0 radical (unpaired) electrons. The van der Waals surface area contributed by atoms with E-state index in [0.29, 0.717) is 11.6 Å². The summed E-state index contributed by atoms with van der Waals surface area (Å²) in [5.41, 5.74) is 0. The van der Waals surface area contributed by atoms with E-state index in [1.807, 2.05) is 14.0 Å². The summed E-state index contributed by atoms with van der Waals surface area (Å²) in [7, 11) is 2.01. The summed E-state index contributed by atoms with van der Waals surface area (Å²) in [6, 6.07) is 0. The zero-order chi connectivity index (χ0) is 15.1. The summed E-state index contributed by atoms with van der Waals surface area (Å²) >= 11 is 0. The molecule has 0 aliphatic rings. The van der Waals surface area contributed by atoms with Crippen molar-refractivity contribution in [3.05, 3.63) is 12.4 Å². The predicted molar refractivity (Wildman–Crippen MR) is 78.7 cm³/mol. The number of carbonyl (C=O) groups excluding carboxylic acids is 1. The lowest BCUT2D eigenvalue weighted by Gasteiger charge is -2.22. The second-order valence-electron chi connectivity index (χ2n) is 5.06. The average molecular weight is 300 g/mol. The van der Waals surface area contributed by atoms with Crippen molar-refractivity contribution < 1.29 is 13.7 Å². The number of nitrogens with zero attached hydrogens (tertiary/aromatic N) is 2. The van der Waals surface area contributed by atoms with E-state index in [4.69, 9.17) is 4.74 Å².